The zero-order chi connectivity index (χ0) is 22.2. The van der Waals surface area contributed by atoms with Crippen LogP contribution in [-0.2, 0) is 11.0 Å². The maximum atomic E-state index is 12.7. The molecule has 1 fully saturated rings. The normalized spacial score (nSPS) is 15.9. The Morgan fingerprint density at radius 2 is 1.80 bits per heavy atom. The highest BCUT2D eigenvalue weighted by atomic mass is 19.4. The smallest absolute Gasteiger partial charge is 0.357 e. The number of rotatable bonds is 5. The summed E-state index contributed by atoms with van der Waals surface area (Å²) >= 11 is 0. The molecule has 1 aromatic rings. The van der Waals surface area contributed by atoms with Gasteiger partial charge in [-0.2, -0.15) is 13.2 Å². The first-order valence-electron chi connectivity index (χ1n) is 10.1. The number of hydrogen-bond acceptors (Lipinski definition) is 2. The van der Waals surface area contributed by atoms with E-state index in [0.717, 1.165) is 37.8 Å². The lowest BCUT2D eigenvalue weighted by atomic mass is 9.85. The topological polar surface area (TPSA) is 56.7 Å². The Hall–Kier alpha value is -2.69. The maximum absolute atomic E-state index is 12.7. The Balaban J connectivity index is 1.99. The molecule has 30 heavy (non-hydrogen) atoms. The minimum atomic E-state index is -4.35. The second kappa shape index (κ2) is 10.4. The minimum Gasteiger partial charge on any atom is -0.357 e. The lowest BCUT2D eigenvalue weighted by Gasteiger charge is -2.29. The Labute approximate surface area is 176 Å². The van der Waals surface area contributed by atoms with Crippen molar-refractivity contribution in [1.82, 2.24) is 15.5 Å². The van der Waals surface area contributed by atoms with Crippen LogP contribution in [0, 0.1) is 17.3 Å². The number of carbonyl (C=O) groups excluding carboxylic acids is 1. The first-order valence-corrected chi connectivity index (χ1v) is 10.1. The van der Waals surface area contributed by atoms with Crippen LogP contribution in [0.1, 0.15) is 43.7 Å². The third kappa shape index (κ3) is 6.41. The second-order valence-electron chi connectivity index (χ2n) is 7.61. The number of aliphatic imine (C=N–C) groups is 1. The van der Waals surface area contributed by atoms with Crippen LogP contribution in [0.2, 0.25) is 0 Å². The van der Waals surface area contributed by atoms with Gasteiger partial charge in [-0.15, -0.1) is 0 Å². The summed E-state index contributed by atoms with van der Waals surface area (Å²) in [7, 11) is 3.54. The average molecular weight is 422 g/mol. The maximum Gasteiger partial charge on any atom is 0.416 e. The van der Waals surface area contributed by atoms with Crippen LogP contribution in [0.5, 0.6) is 0 Å². The first-order chi connectivity index (χ1) is 14.2. The molecule has 2 N–H and O–H groups in total. The summed E-state index contributed by atoms with van der Waals surface area (Å²) in [5.41, 5.74) is -0.633. The van der Waals surface area contributed by atoms with Gasteiger partial charge in [0.25, 0.3) is 0 Å². The first kappa shape index (κ1) is 23.6. The third-order valence-corrected chi connectivity index (χ3v) is 5.09. The molecule has 1 aliphatic carbocycles. The Bertz CT molecular complexity index is 798. The van der Waals surface area contributed by atoms with E-state index in [-0.39, 0.29) is 12.5 Å². The van der Waals surface area contributed by atoms with Crippen molar-refractivity contribution in [2.24, 2.45) is 10.4 Å². The summed E-state index contributed by atoms with van der Waals surface area (Å²) < 4.78 is 37.8. The van der Waals surface area contributed by atoms with Crippen molar-refractivity contribution in [2.75, 3.05) is 33.7 Å². The summed E-state index contributed by atoms with van der Waals surface area (Å²) in [6.07, 6.45) is -0.633. The van der Waals surface area contributed by atoms with Crippen LogP contribution < -0.4 is 10.6 Å². The Morgan fingerprint density at radius 3 is 2.33 bits per heavy atom. The van der Waals surface area contributed by atoms with Gasteiger partial charge in [0.05, 0.1) is 24.1 Å². The predicted octanol–water partition coefficient (Wildman–Crippen LogP) is 3.26. The Morgan fingerprint density at radius 1 is 1.17 bits per heavy atom. The zero-order valence-corrected chi connectivity index (χ0v) is 17.7. The molecule has 2 rings (SSSR count). The third-order valence-electron chi connectivity index (χ3n) is 5.09. The van der Waals surface area contributed by atoms with Gasteiger partial charge in [0, 0.05) is 26.2 Å². The average Bonchev–Trinajstić information content (AvgIpc) is 3.18. The number of hydrogen-bond donors (Lipinski definition) is 2. The molecule has 0 saturated heterocycles. The van der Waals surface area contributed by atoms with Gasteiger partial charge in [-0.1, -0.05) is 24.7 Å². The van der Waals surface area contributed by atoms with Crippen LogP contribution >= 0.6 is 0 Å². The van der Waals surface area contributed by atoms with E-state index in [1.165, 1.54) is 12.1 Å². The highest BCUT2D eigenvalue weighted by Gasteiger charge is 2.42. The van der Waals surface area contributed by atoms with E-state index in [4.69, 9.17) is 0 Å². The fourth-order valence-electron chi connectivity index (χ4n) is 3.55. The van der Waals surface area contributed by atoms with Gasteiger partial charge in [-0.3, -0.25) is 9.79 Å². The molecular formula is C22H29F3N4O. The number of alkyl halides is 3. The van der Waals surface area contributed by atoms with Gasteiger partial charge in [-0.05, 0) is 44.0 Å². The van der Waals surface area contributed by atoms with Gasteiger partial charge in [0.15, 0.2) is 5.96 Å². The minimum absolute atomic E-state index is 0.113. The van der Waals surface area contributed by atoms with E-state index in [0.29, 0.717) is 24.6 Å². The molecular weight excluding hydrogens is 393 g/mol. The van der Waals surface area contributed by atoms with Gasteiger partial charge in [0.2, 0.25) is 5.91 Å². The molecule has 0 spiro atoms. The van der Waals surface area contributed by atoms with Gasteiger partial charge in [-0.25, -0.2) is 0 Å². The SMILES string of the molecule is CCNC(=NCC1(C(=O)N(C)C)CCCC1)NCC#Cc1ccc(C(F)(F)F)cc1. The lowest BCUT2D eigenvalue weighted by molar-refractivity contribution is -0.139. The molecule has 1 aromatic carbocycles. The van der Waals surface area contributed by atoms with Crippen LogP contribution in [0.15, 0.2) is 29.3 Å². The standard InChI is InChI=1S/C22H29F3N4O/c1-4-26-20(28-16-21(13-5-6-14-21)19(30)29(2)3)27-15-7-8-17-9-11-18(12-10-17)22(23,24)25/h9-12H,4-6,13-16H2,1-3H3,(H2,26,27,28). The molecule has 8 heteroatoms. The number of amides is 1. The molecule has 0 aliphatic heterocycles. The number of carbonyl (C=O) groups is 1. The fourth-order valence-corrected chi connectivity index (χ4v) is 3.55. The van der Waals surface area contributed by atoms with E-state index in [1.807, 2.05) is 6.92 Å². The van der Waals surface area contributed by atoms with E-state index >= 15 is 0 Å². The van der Waals surface area contributed by atoms with Crippen molar-refractivity contribution in [3.8, 4) is 11.8 Å². The van der Waals surface area contributed by atoms with E-state index in [9.17, 15) is 18.0 Å². The van der Waals surface area contributed by atoms with Crippen molar-refractivity contribution < 1.29 is 18.0 Å². The summed E-state index contributed by atoms with van der Waals surface area (Å²) in [6.45, 7) is 3.29. The van der Waals surface area contributed by atoms with Crippen LogP contribution in [-0.4, -0.2) is 50.5 Å². The van der Waals surface area contributed by atoms with E-state index in [2.05, 4.69) is 27.5 Å². The fraction of sp³-hybridized carbons (Fsp3) is 0.545. The van der Waals surface area contributed by atoms with Crippen molar-refractivity contribution in [3.05, 3.63) is 35.4 Å². The molecule has 0 aromatic heterocycles. The largest absolute Gasteiger partial charge is 0.416 e. The van der Waals surface area contributed by atoms with Crippen LogP contribution in [0.25, 0.3) is 0 Å². The van der Waals surface area contributed by atoms with E-state index < -0.39 is 17.2 Å². The highest BCUT2D eigenvalue weighted by Crippen LogP contribution is 2.39. The number of guanidine groups is 1. The molecule has 0 bridgehead atoms. The zero-order valence-electron chi connectivity index (χ0n) is 17.7. The predicted molar refractivity (Wildman–Crippen MR) is 112 cm³/mol. The molecule has 0 atom stereocenters. The van der Waals surface area contributed by atoms with Crippen LogP contribution in [0.3, 0.4) is 0 Å². The van der Waals surface area contributed by atoms with Gasteiger partial charge in [0.1, 0.15) is 0 Å². The summed E-state index contributed by atoms with van der Waals surface area (Å²) in [4.78, 5) is 18.9. The molecule has 164 valence electrons. The molecule has 0 radical (unpaired) electrons. The molecule has 1 aliphatic rings. The quantitative estimate of drug-likeness (QED) is 0.435. The second-order valence-corrected chi connectivity index (χ2v) is 7.61. The van der Waals surface area contributed by atoms with Crippen molar-refractivity contribution in [3.63, 3.8) is 0 Å². The number of halogens is 3. The van der Waals surface area contributed by atoms with Crippen molar-refractivity contribution in [1.29, 1.82) is 0 Å². The van der Waals surface area contributed by atoms with Crippen molar-refractivity contribution in [2.45, 2.75) is 38.8 Å². The van der Waals surface area contributed by atoms with Gasteiger partial charge >= 0.3 is 6.18 Å². The van der Waals surface area contributed by atoms with Crippen LogP contribution in [0.4, 0.5) is 13.2 Å². The van der Waals surface area contributed by atoms with Gasteiger partial charge < -0.3 is 15.5 Å². The number of benzene rings is 1. The highest BCUT2D eigenvalue weighted by molar-refractivity contribution is 5.84. The molecule has 0 unspecified atom stereocenters. The summed E-state index contributed by atoms with van der Waals surface area (Å²) in [6, 6.07) is 4.75. The number of nitrogens with one attached hydrogen (secondary N) is 2. The molecule has 1 saturated carbocycles. The molecule has 5 nitrogen and oxygen atoms in total. The molecule has 1 amide bonds. The lowest BCUT2D eigenvalue weighted by Crippen LogP contribution is -2.43. The summed E-state index contributed by atoms with van der Waals surface area (Å²) in [5.74, 6) is 6.40. The number of nitrogens with zero attached hydrogens (tertiary/aromatic N) is 2. The molecule has 0 heterocycles. The van der Waals surface area contributed by atoms with E-state index in [1.54, 1.807) is 19.0 Å². The van der Waals surface area contributed by atoms with Crippen molar-refractivity contribution >= 4 is 11.9 Å². The Kier molecular flexibility index (Phi) is 8.16. The summed E-state index contributed by atoms with van der Waals surface area (Å²) in [5, 5.41) is 6.23. The monoisotopic (exact) mass is 422 g/mol.